The van der Waals surface area contributed by atoms with E-state index in [4.69, 9.17) is 14.2 Å². The summed E-state index contributed by atoms with van der Waals surface area (Å²) in [5, 5.41) is 0.340. The van der Waals surface area contributed by atoms with Gasteiger partial charge in [0.1, 0.15) is 12.3 Å². The van der Waals surface area contributed by atoms with Gasteiger partial charge >= 0.3 is 0 Å². The van der Waals surface area contributed by atoms with Crippen LogP contribution in [0.2, 0.25) is 0 Å². The van der Waals surface area contributed by atoms with Crippen LogP contribution in [0.1, 0.15) is 17.5 Å². The Labute approximate surface area is 156 Å². The van der Waals surface area contributed by atoms with E-state index in [0.29, 0.717) is 31.6 Å². The van der Waals surface area contributed by atoms with Gasteiger partial charge in [-0.3, -0.25) is 0 Å². The van der Waals surface area contributed by atoms with Crippen molar-refractivity contribution in [3.8, 4) is 0 Å². The van der Waals surface area contributed by atoms with Crippen LogP contribution in [0.5, 0.6) is 0 Å². The highest BCUT2D eigenvalue weighted by atomic mass is 79.9. The molecular formula is C20H22BrFO3. The van der Waals surface area contributed by atoms with Crippen molar-refractivity contribution in [1.82, 2.24) is 0 Å². The zero-order chi connectivity index (χ0) is 17.5. The minimum Gasteiger partial charge on any atom is -0.365 e. The van der Waals surface area contributed by atoms with E-state index in [1.165, 1.54) is 0 Å². The number of alkyl halides is 2. The maximum absolute atomic E-state index is 14.7. The van der Waals surface area contributed by atoms with E-state index >= 15 is 0 Å². The molecule has 3 unspecified atom stereocenters. The average molecular weight is 409 g/mol. The highest BCUT2D eigenvalue weighted by Crippen LogP contribution is 2.34. The summed E-state index contributed by atoms with van der Waals surface area (Å²) in [6.07, 6.45) is -1.61. The first kappa shape index (κ1) is 18.5. The lowest BCUT2D eigenvalue weighted by Gasteiger charge is -2.43. The third kappa shape index (κ3) is 4.67. The molecule has 0 amide bonds. The fourth-order valence-corrected chi connectivity index (χ4v) is 3.54. The second-order valence-corrected chi connectivity index (χ2v) is 6.65. The zero-order valence-electron chi connectivity index (χ0n) is 13.9. The molecule has 3 nitrogen and oxygen atoms in total. The van der Waals surface area contributed by atoms with Gasteiger partial charge in [0.25, 0.3) is 0 Å². The molecule has 1 heterocycles. The number of benzene rings is 2. The van der Waals surface area contributed by atoms with E-state index in [9.17, 15) is 4.39 Å². The summed E-state index contributed by atoms with van der Waals surface area (Å²) < 4.78 is 32.5. The molecule has 0 spiro atoms. The smallest absolute Gasteiger partial charge is 0.207 e. The SMILES string of the molecule is FC1CCOC(CBr)(OCc2ccccc2)C1OCc1ccccc1. The minimum atomic E-state index is -1.14. The van der Waals surface area contributed by atoms with Crippen molar-refractivity contribution in [3.05, 3.63) is 71.8 Å². The van der Waals surface area contributed by atoms with E-state index in [2.05, 4.69) is 15.9 Å². The molecule has 2 aromatic rings. The van der Waals surface area contributed by atoms with Crippen LogP contribution in [-0.2, 0) is 27.4 Å². The van der Waals surface area contributed by atoms with Crippen LogP contribution in [0, 0.1) is 0 Å². The largest absolute Gasteiger partial charge is 0.365 e. The molecule has 0 saturated carbocycles. The second kappa shape index (κ2) is 8.90. The maximum atomic E-state index is 14.7. The van der Waals surface area contributed by atoms with Gasteiger partial charge in [-0.15, -0.1) is 0 Å². The number of rotatable bonds is 7. The molecular weight excluding hydrogens is 387 g/mol. The summed E-state index contributed by atoms with van der Waals surface area (Å²) in [6.45, 7) is 0.968. The van der Waals surface area contributed by atoms with Gasteiger partial charge in [0.15, 0.2) is 0 Å². The highest BCUT2D eigenvalue weighted by Gasteiger charge is 2.49. The lowest BCUT2D eigenvalue weighted by Crippen LogP contribution is -2.58. The molecule has 3 rings (SSSR count). The van der Waals surface area contributed by atoms with E-state index in [0.717, 1.165) is 11.1 Å². The molecule has 25 heavy (non-hydrogen) atoms. The molecule has 134 valence electrons. The van der Waals surface area contributed by atoms with Gasteiger partial charge in [-0.25, -0.2) is 4.39 Å². The molecule has 3 atom stereocenters. The quantitative estimate of drug-likeness (QED) is 0.624. The standard InChI is InChI=1S/C20H22BrFO3/c21-15-20(25-14-17-9-5-2-6-10-17)19(18(22)11-12-24-20)23-13-16-7-3-1-4-8-16/h1-10,18-19H,11-15H2. The highest BCUT2D eigenvalue weighted by molar-refractivity contribution is 9.09. The lowest BCUT2D eigenvalue weighted by molar-refractivity contribution is -0.316. The van der Waals surface area contributed by atoms with E-state index in [1.807, 2.05) is 60.7 Å². The first-order valence-electron chi connectivity index (χ1n) is 8.41. The number of ether oxygens (including phenoxy) is 3. The van der Waals surface area contributed by atoms with Gasteiger partial charge in [-0.05, 0) is 11.1 Å². The molecule has 2 aromatic carbocycles. The second-order valence-electron chi connectivity index (χ2n) is 6.09. The zero-order valence-corrected chi connectivity index (χ0v) is 15.5. The molecule has 0 bridgehead atoms. The summed E-state index contributed by atoms with van der Waals surface area (Å²) in [5.74, 6) is -1.14. The molecule has 0 N–H and O–H groups in total. The molecule has 1 aliphatic rings. The maximum Gasteiger partial charge on any atom is 0.207 e. The molecule has 1 aliphatic heterocycles. The molecule has 0 aromatic heterocycles. The fraction of sp³-hybridized carbons (Fsp3) is 0.400. The summed E-state index contributed by atoms with van der Waals surface area (Å²) in [7, 11) is 0. The van der Waals surface area contributed by atoms with Crippen molar-refractivity contribution < 1.29 is 18.6 Å². The first-order valence-corrected chi connectivity index (χ1v) is 9.53. The normalized spacial score (nSPS) is 26.5. The minimum absolute atomic E-state index is 0.308. The summed E-state index contributed by atoms with van der Waals surface area (Å²) in [5.41, 5.74) is 2.00. The van der Waals surface area contributed by atoms with Crippen molar-refractivity contribution in [3.63, 3.8) is 0 Å². The molecule has 0 aliphatic carbocycles. The van der Waals surface area contributed by atoms with Crippen LogP contribution < -0.4 is 0 Å². The third-order valence-corrected chi connectivity index (χ3v) is 5.07. The van der Waals surface area contributed by atoms with Crippen LogP contribution >= 0.6 is 15.9 Å². The summed E-state index contributed by atoms with van der Waals surface area (Å²) >= 11 is 3.44. The van der Waals surface area contributed by atoms with Crippen LogP contribution in [-0.4, -0.2) is 30.0 Å². The monoisotopic (exact) mass is 408 g/mol. The van der Waals surface area contributed by atoms with Crippen molar-refractivity contribution in [2.75, 3.05) is 11.9 Å². The summed E-state index contributed by atoms with van der Waals surface area (Å²) in [4.78, 5) is 0. The van der Waals surface area contributed by atoms with Crippen molar-refractivity contribution >= 4 is 15.9 Å². The average Bonchev–Trinajstić information content (AvgIpc) is 2.67. The van der Waals surface area contributed by atoms with E-state index in [1.54, 1.807) is 0 Å². The van der Waals surface area contributed by atoms with Crippen LogP contribution in [0.4, 0.5) is 4.39 Å². The Morgan fingerprint density at radius 1 is 1.00 bits per heavy atom. The van der Waals surface area contributed by atoms with Crippen LogP contribution in [0.15, 0.2) is 60.7 Å². The molecule has 0 radical (unpaired) electrons. The van der Waals surface area contributed by atoms with Gasteiger partial charge in [-0.2, -0.15) is 0 Å². The van der Waals surface area contributed by atoms with Gasteiger partial charge < -0.3 is 14.2 Å². The first-order chi connectivity index (χ1) is 12.2. The van der Waals surface area contributed by atoms with Crippen molar-refractivity contribution in [2.24, 2.45) is 0 Å². The fourth-order valence-electron chi connectivity index (χ4n) is 2.90. The summed E-state index contributed by atoms with van der Waals surface area (Å²) in [6, 6.07) is 19.5. The van der Waals surface area contributed by atoms with Gasteiger partial charge in [-0.1, -0.05) is 76.6 Å². The Bertz CT molecular complexity index is 640. The number of hydrogen-bond donors (Lipinski definition) is 0. The Balaban J connectivity index is 1.71. The Morgan fingerprint density at radius 2 is 1.60 bits per heavy atom. The van der Waals surface area contributed by atoms with Crippen LogP contribution in [0.3, 0.4) is 0 Å². The van der Waals surface area contributed by atoms with E-state index in [-0.39, 0.29) is 0 Å². The predicted octanol–water partition coefficient (Wildman–Crippen LogP) is 4.64. The molecule has 1 fully saturated rings. The van der Waals surface area contributed by atoms with Gasteiger partial charge in [0.2, 0.25) is 5.79 Å². The van der Waals surface area contributed by atoms with Crippen molar-refractivity contribution in [2.45, 2.75) is 37.7 Å². The van der Waals surface area contributed by atoms with Crippen LogP contribution in [0.25, 0.3) is 0 Å². The molecule has 1 saturated heterocycles. The number of hydrogen-bond acceptors (Lipinski definition) is 3. The molecule has 5 heteroatoms. The van der Waals surface area contributed by atoms with Crippen molar-refractivity contribution in [1.29, 1.82) is 0 Å². The van der Waals surface area contributed by atoms with Gasteiger partial charge in [0, 0.05) is 6.42 Å². The van der Waals surface area contributed by atoms with Gasteiger partial charge in [0.05, 0.1) is 25.2 Å². The Kier molecular flexibility index (Phi) is 6.59. The third-order valence-electron chi connectivity index (χ3n) is 4.29. The Morgan fingerprint density at radius 3 is 2.20 bits per heavy atom. The topological polar surface area (TPSA) is 27.7 Å². The lowest BCUT2D eigenvalue weighted by atomic mass is 10.0. The predicted molar refractivity (Wildman–Crippen MR) is 98.2 cm³/mol. The van der Waals surface area contributed by atoms with E-state index < -0.39 is 18.1 Å². The number of halogens is 2. The Hall–Kier alpha value is -1.27.